The number of fused-ring (bicyclic) bond motifs is 9. The third kappa shape index (κ3) is 3.22. The van der Waals surface area contributed by atoms with Gasteiger partial charge in [-0.05, 0) is 82.9 Å². The van der Waals surface area contributed by atoms with E-state index in [1.807, 2.05) is 24.3 Å². The van der Waals surface area contributed by atoms with Crippen LogP contribution in [0.4, 0.5) is 17.1 Å². The third-order valence-electron chi connectivity index (χ3n) is 9.06. The van der Waals surface area contributed by atoms with E-state index in [-0.39, 0.29) is 5.41 Å². The smallest absolute Gasteiger partial charge is 0.135 e. The van der Waals surface area contributed by atoms with Gasteiger partial charge in [0.2, 0.25) is 0 Å². The predicted molar refractivity (Wildman–Crippen MR) is 173 cm³/mol. The molecule has 0 saturated carbocycles. The van der Waals surface area contributed by atoms with Crippen LogP contribution in [0, 0.1) is 0 Å². The van der Waals surface area contributed by atoms with Crippen LogP contribution in [0.2, 0.25) is 0 Å². The summed E-state index contributed by atoms with van der Waals surface area (Å²) < 4.78 is 12.4. The van der Waals surface area contributed by atoms with Gasteiger partial charge in [-0.3, -0.25) is 0 Å². The molecule has 0 bridgehead atoms. The molecule has 1 aliphatic rings. The lowest BCUT2D eigenvalue weighted by Gasteiger charge is -2.28. The highest BCUT2D eigenvalue weighted by atomic mass is 16.3. The third-order valence-corrected chi connectivity index (χ3v) is 9.06. The highest BCUT2D eigenvalue weighted by molar-refractivity contribution is 6.08. The second kappa shape index (κ2) is 8.37. The number of benzene rings is 6. The van der Waals surface area contributed by atoms with Crippen LogP contribution in [-0.2, 0) is 5.41 Å². The van der Waals surface area contributed by atoms with E-state index in [1.165, 1.54) is 22.3 Å². The van der Waals surface area contributed by atoms with Crippen LogP contribution in [0.15, 0.2) is 136 Å². The van der Waals surface area contributed by atoms with Crippen molar-refractivity contribution >= 4 is 60.9 Å². The monoisotopic (exact) mass is 541 g/mol. The maximum Gasteiger partial charge on any atom is 0.135 e. The van der Waals surface area contributed by atoms with Gasteiger partial charge in [-0.25, -0.2) is 0 Å². The predicted octanol–water partition coefficient (Wildman–Crippen LogP) is 11.3. The van der Waals surface area contributed by atoms with E-state index in [0.717, 1.165) is 60.9 Å². The Morgan fingerprint density at radius 3 is 1.55 bits per heavy atom. The molecule has 2 aromatic heterocycles. The minimum atomic E-state index is -0.0942. The summed E-state index contributed by atoms with van der Waals surface area (Å²) in [7, 11) is 0. The van der Waals surface area contributed by atoms with Gasteiger partial charge >= 0.3 is 0 Å². The molecule has 2 heterocycles. The molecular weight excluding hydrogens is 514 g/mol. The van der Waals surface area contributed by atoms with E-state index in [1.54, 1.807) is 0 Å². The summed E-state index contributed by atoms with van der Waals surface area (Å²) in [5.74, 6) is 0. The van der Waals surface area contributed by atoms with Gasteiger partial charge in [0.1, 0.15) is 22.3 Å². The lowest BCUT2D eigenvalue weighted by molar-refractivity contribution is 0.660. The Morgan fingerprint density at radius 1 is 0.429 bits per heavy atom. The Bertz CT molecular complexity index is 2240. The molecule has 0 N–H and O–H groups in total. The summed E-state index contributed by atoms with van der Waals surface area (Å²) in [6.45, 7) is 4.66. The second-order valence-electron chi connectivity index (χ2n) is 11.8. The van der Waals surface area contributed by atoms with Crippen molar-refractivity contribution in [1.82, 2.24) is 0 Å². The van der Waals surface area contributed by atoms with Crippen molar-refractivity contribution in [3.63, 3.8) is 0 Å². The summed E-state index contributed by atoms with van der Waals surface area (Å²) in [6, 6.07) is 45.3. The fourth-order valence-electron chi connectivity index (χ4n) is 6.98. The van der Waals surface area contributed by atoms with E-state index in [9.17, 15) is 0 Å². The Kier molecular flexibility index (Phi) is 4.67. The molecule has 42 heavy (non-hydrogen) atoms. The average molecular weight is 542 g/mol. The second-order valence-corrected chi connectivity index (χ2v) is 11.8. The number of furan rings is 2. The lowest BCUT2D eigenvalue weighted by atomic mass is 9.82. The van der Waals surface area contributed by atoms with Crippen molar-refractivity contribution in [1.29, 1.82) is 0 Å². The first-order valence-electron chi connectivity index (χ1n) is 14.4. The van der Waals surface area contributed by atoms with E-state index in [4.69, 9.17) is 8.83 Å². The quantitative estimate of drug-likeness (QED) is 0.223. The summed E-state index contributed by atoms with van der Waals surface area (Å²) in [5, 5.41) is 4.46. The highest BCUT2D eigenvalue weighted by Gasteiger charge is 2.35. The molecule has 0 saturated heterocycles. The summed E-state index contributed by atoms with van der Waals surface area (Å²) >= 11 is 0. The Balaban J connectivity index is 1.30. The molecule has 0 radical (unpaired) electrons. The Labute approximate surface area is 243 Å². The van der Waals surface area contributed by atoms with Gasteiger partial charge in [0.05, 0.1) is 0 Å². The first-order chi connectivity index (χ1) is 20.6. The molecule has 6 aromatic carbocycles. The zero-order chi connectivity index (χ0) is 28.0. The molecule has 0 atom stereocenters. The molecule has 0 aliphatic heterocycles. The Morgan fingerprint density at radius 2 is 0.905 bits per heavy atom. The van der Waals surface area contributed by atoms with Gasteiger partial charge in [-0.2, -0.15) is 0 Å². The zero-order valence-corrected chi connectivity index (χ0v) is 23.4. The Hall–Kier alpha value is -5.28. The van der Waals surface area contributed by atoms with Crippen molar-refractivity contribution in [3.05, 3.63) is 139 Å². The van der Waals surface area contributed by atoms with E-state index in [0.29, 0.717) is 0 Å². The van der Waals surface area contributed by atoms with Crippen molar-refractivity contribution < 1.29 is 8.83 Å². The number of nitrogens with zero attached hydrogens (tertiary/aromatic N) is 1. The lowest BCUT2D eigenvalue weighted by Crippen LogP contribution is -2.16. The van der Waals surface area contributed by atoms with Gasteiger partial charge in [0.25, 0.3) is 0 Å². The SMILES string of the molecule is CC1(C)c2ccccc2-c2ccc(N(c3ccc4oc5ccccc5c4c3)c3ccc4oc5ccccc5c4c3)cc21. The topological polar surface area (TPSA) is 29.5 Å². The van der Waals surface area contributed by atoms with Crippen LogP contribution in [0.5, 0.6) is 0 Å². The molecule has 9 rings (SSSR count). The van der Waals surface area contributed by atoms with Crippen LogP contribution in [0.3, 0.4) is 0 Å². The number of anilines is 3. The van der Waals surface area contributed by atoms with E-state index < -0.39 is 0 Å². The summed E-state index contributed by atoms with van der Waals surface area (Å²) in [5.41, 5.74) is 12.1. The fraction of sp³-hybridized carbons (Fsp3) is 0.0769. The van der Waals surface area contributed by atoms with Crippen LogP contribution >= 0.6 is 0 Å². The van der Waals surface area contributed by atoms with Crippen LogP contribution < -0.4 is 4.90 Å². The first kappa shape index (κ1) is 23.4. The van der Waals surface area contributed by atoms with Gasteiger partial charge in [0.15, 0.2) is 0 Å². The number of hydrogen-bond donors (Lipinski definition) is 0. The van der Waals surface area contributed by atoms with Crippen molar-refractivity contribution in [2.24, 2.45) is 0 Å². The van der Waals surface area contributed by atoms with Crippen LogP contribution in [-0.4, -0.2) is 0 Å². The van der Waals surface area contributed by atoms with E-state index in [2.05, 4.69) is 122 Å². The molecule has 3 heteroatoms. The summed E-state index contributed by atoms with van der Waals surface area (Å²) in [6.07, 6.45) is 0. The minimum absolute atomic E-state index is 0.0942. The zero-order valence-electron chi connectivity index (χ0n) is 23.4. The van der Waals surface area contributed by atoms with Gasteiger partial charge < -0.3 is 13.7 Å². The highest BCUT2D eigenvalue weighted by Crippen LogP contribution is 2.51. The van der Waals surface area contributed by atoms with Crippen LogP contribution in [0.25, 0.3) is 55.0 Å². The maximum absolute atomic E-state index is 6.19. The minimum Gasteiger partial charge on any atom is -0.456 e. The molecule has 3 nitrogen and oxygen atoms in total. The molecular formula is C39H27NO2. The van der Waals surface area contributed by atoms with Gasteiger partial charge in [-0.1, -0.05) is 80.6 Å². The number of rotatable bonds is 3. The van der Waals surface area contributed by atoms with Crippen molar-refractivity contribution in [3.8, 4) is 11.1 Å². The molecule has 0 fully saturated rings. The molecule has 1 aliphatic carbocycles. The first-order valence-corrected chi connectivity index (χ1v) is 14.4. The van der Waals surface area contributed by atoms with Gasteiger partial charge in [-0.15, -0.1) is 0 Å². The number of hydrogen-bond acceptors (Lipinski definition) is 3. The fourth-order valence-corrected chi connectivity index (χ4v) is 6.98. The molecule has 0 spiro atoms. The summed E-state index contributed by atoms with van der Waals surface area (Å²) in [4.78, 5) is 2.36. The molecule has 8 aromatic rings. The largest absolute Gasteiger partial charge is 0.456 e. The average Bonchev–Trinajstić information content (AvgIpc) is 3.65. The van der Waals surface area contributed by atoms with Crippen molar-refractivity contribution in [2.75, 3.05) is 4.90 Å². The number of para-hydroxylation sites is 2. The van der Waals surface area contributed by atoms with Gasteiger partial charge in [0, 0.05) is 44.0 Å². The standard InChI is InChI=1S/C39H27NO2/c1-39(2)33-12-6-3-9-27(33)28-18-15-26(23-34(28)39)40(24-16-19-37-31(21-24)29-10-4-7-13-35(29)41-37)25-17-20-38-32(22-25)30-11-5-8-14-36(30)42-38/h3-23H,1-2H3. The molecule has 0 amide bonds. The maximum atomic E-state index is 6.19. The molecule has 0 unspecified atom stereocenters. The van der Waals surface area contributed by atoms with E-state index >= 15 is 0 Å². The van der Waals surface area contributed by atoms with Crippen molar-refractivity contribution in [2.45, 2.75) is 19.3 Å². The normalized spacial score (nSPS) is 13.7. The molecule has 200 valence electrons. The van der Waals surface area contributed by atoms with Crippen LogP contribution in [0.1, 0.15) is 25.0 Å².